The first-order valence-corrected chi connectivity index (χ1v) is 6.79. The fraction of sp³-hybridized carbons (Fsp3) is 0.917. The largest absolute Gasteiger partial charge is 0.336 e. The molecule has 0 saturated carbocycles. The monoisotopic (exact) mass is 238 g/mol. The van der Waals surface area contributed by atoms with Gasteiger partial charge in [0.15, 0.2) is 0 Å². The lowest BCUT2D eigenvalue weighted by Gasteiger charge is -2.41. The fourth-order valence-corrected chi connectivity index (χ4v) is 3.49. The maximum Gasteiger partial charge on any atom is 0.317 e. The van der Waals surface area contributed by atoms with Crippen molar-refractivity contribution in [2.75, 3.05) is 39.3 Å². The van der Waals surface area contributed by atoms with E-state index in [1.54, 1.807) is 0 Å². The van der Waals surface area contributed by atoms with Crippen molar-refractivity contribution >= 4 is 6.03 Å². The van der Waals surface area contributed by atoms with Crippen LogP contribution in [0, 0.1) is 5.92 Å². The van der Waals surface area contributed by atoms with Crippen LogP contribution in [0.5, 0.6) is 0 Å². The Morgan fingerprint density at radius 2 is 2.18 bits per heavy atom. The van der Waals surface area contributed by atoms with Crippen molar-refractivity contribution in [2.24, 2.45) is 5.92 Å². The maximum atomic E-state index is 11.5. The first kappa shape index (κ1) is 11.3. The highest BCUT2D eigenvalue weighted by molar-refractivity contribution is 5.77. The highest BCUT2D eigenvalue weighted by Gasteiger charge is 2.39. The van der Waals surface area contributed by atoms with E-state index in [2.05, 4.69) is 22.5 Å². The van der Waals surface area contributed by atoms with Crippen molar-refractivity contribution in [3.05, 3.63) is 0 Å². The second kappa shape index (κ2) is 4.46. The van der Waals surface area contributed by atoms with Crippen LogP contribution in [-0.4, -0.2) is 67.2 Å². The smallest absolute Gasteiger partial charge is 0.317 e. The summed E-state index contributed by atoms with van der Waals surface area (Å²) in [7, 11) is 0. The van der Waals surface area contributed by atoms with Crippen LogP contribution in [0.1, 0.15) is 13.3 Å². The SMILES string of the molecule is CCC1CNCC1N1CCN2C(=O)NCC2C1. The molecule has 3 aliphatic heterocycles. The molecule has 2 amide bonds. The Hall–Kier alpha value is -0.810. The van der Waals surface area contributed by atoms with Crippen molar-refractivity contribution < 1.29 is 4.79 Å². The molecular formula is C12H22N4O. The zero-order valence-electron chi connectivity index (χ0n) is 10.5. The zero-order valence-corrected chi connectivity index (χ0v) is 10.5. The molecule has 5 nitrogen and oxygen atoms in total. The molecule has 0 spiro atoms. The molecule has 0 aromatic carbocycles. The quantitative estimate of drug-likeness (QED) is 0.694. The summed E-state index contributed by atoms with van der Waals surface area (Å²) in [6.45, 7) is 8.35. The van der Waals surface area contributed by atoms with E-state index in [-0.39, 0.29) is 6.03 Å². The molecular weight excluding hydrogens is 216 g/mol. The van der Waals surface area contributed by atoms with E-state index in [1.165, 1.54) is 6.42 Å². The minimum atomic E-state index is 0.131. The second-order valence-corrected chi connectivity index (χ2v) is 5.42. The molecule has 3 unspecified atom stereocenters. The third kappa shape index (κ3) is 1.91. The highest BCUT2D eigenvalue weighted by Crippen LogP contribution is 2.23. The number of nitrogens with zero attached hydrogens (tertiary/aromatic N) is 2. The molecule has 3 aliphatic rings. The molecule has 3 saturated heterocycles. The van der Waals surface area contributed by atoms with Gasteiger partial charge in [-0.2, -0.15) is 0 Å². The molecule has 0 aromatic rings. The predicted octanol–water partition coefficient (Wildman–Crippen LogP) is -0.306. The third-order valence-electron chi connectivity index (χ3n) is 4.56. The van der Waals surface area contributed by atoms with Crippen LogP contribution in [0.3, 0.4) is 0 Å². The second-order valence-electron chi connectivity index (χ2n) is 5.42. The number of amides is 2. The van der Waals surface area contributed by atoms with Gasteiger partial charge in [-0.3, -0.25) is 4.90 Å². The number of carbonyl (C=O) groups excluding carboxylic acids is 1. The van der Waals surface area contributed by atoms with Crippen LogP contribution in [0.2, 0.25) is 0 Å². The number of fused-ring (bicyclic) bond motifs is 1. The molecule has 96 valence electrons. The Bertz CT molecular complexity index is 309. The van der Waals surface area contributed by atoms with Crippen molar-refractivity contribution in [2.45, 2.75) is 25.4 Å². The number of piperazine rings is 1. The van der Waals surface area contributed by atoms with Gasteiger partial charge in [0.1, 0.15) is 0 Å². The van der Waals surface area contributed by atoms with Gasteiger partial charge in [-0.1, -0.05) is 13.3 Å². The fourth-order valence-electron chi connectivity index (χ4n) is 3.49. The first-order chi connectivity index (χ1) is 8.29. The Labute approximate surface area is 103 Å². The molecule has 3 fully saturated rings. The van der Waals surface area contributed by atoms with E-state index >= 15 is 0 Å². The van der Waals surface area contributed by atoms with Gasteiger partial charge in [-0.05, 0) is 12.5 Å². The molecule has 0 aliphatic carbocycles. The Morgan fingerprint density at radius 1 is 1.29 bits per heavy atom. The van der Waals surface area contributed by atoms with Gasteiger partial charge in [0.2, 0.25) is 0 Å². The molecule has 3 heterocycles. The highest BCUT2D eigenvalue weighted by atomic mass is 16.2. The van der Waals surface area contributed by atoms with Gasteiger partial charge in [-0.15, -0.1) is 0 Å². The topological polar surface area (TPSA) is 47.6 Å². The van der Waals surface area contributed by atoms with Crippen LogP contribution in [0.25, 0.3) is 0 Å². The van der Waals surface area contributed by atoms with E-state index in [0.29, 0.717) is 12.1 Å². The molecule has 0 aromatic heterocycles. The molecule has 0 radical (unpaired) electrons. The normalized spacial score (nSPS) is 38.3. The van der Waals surface area contributed by atoms with Crippen LogP contribution in [-0.2, 0) is 0 Å². The van der Waals surface area contributed by atoms with Crippen LogP contribution >= 0.6 is 0 Å². The average Bonchev–Trinajstić information content (AvgIpc) is 2.96. The summed E-state index contributed by atoms with van der Waals surface area (Å²) >= 11 is 0. The molecule has 3 rings (SSSR count). The predicted molar refractivity (Wildman–Crippen MR) is 65.9 cm³/mol. The maximum absolute atomic E-state index is 11.5. The molecule has 2 N–H and O–H groups in total. The number of rotatable bonds is 2. The van der Waals surface area contributed by atoms with Crippen LogP contribution in [0.4, 0.5) is 4.79 Å². The minimum Gasteiger partial charge on any atom is -0.336 e. The number of hydrogen-bond donors (Lipinski definition) is 2. The molecule has 5 heteroatoms. The number of urea groups is 1. The summed E-state index contributed by atoms with van der Waals surface area (Å²) in [6.07, 6.45) is 1.25. The lowest BCUT2D eigenvalue weighted by molar-refractivity contribution is 0.0779. The summed E-state index contributed by atoms with van der Waals surface area (Å²) < 4.78 is 0. The lowest BCUT2D eigenvalue weighted by atomic mass is 9.98. The molecule has 3 atom stereocenters. The summed E-state index contributed by atoms with van der Waals surface area (Å²) in [5.74, 6) is 0.784. The summed E-state index contributed by atoms with van der Waals surface area (Å²) in [4.78, 5) is 16.1. The van der Waals surface area contributed by atoms with Crippen LogP contribution in [0.15, 0.2) is 0 Å². The minimum absolute atomic E-state index is 0.131. The van der Waals surface area contributed by atoms with Crippen molar-refractivity contribution in [1.29, 1.82) is 0 Å². The van der Waals surface area contributed by atoms with Gasteiger partial charge in [0.05, 0.1) is 6.04 Å². The summed E-state index contributed by atoms with van der Waals surface area (Å²) in [5.41, 5.74) is 0. The summed E-state index contributed by atoms with van der Waals surface area (Å²) in [6, 6.07) is 1.21. The lowest BCUT2D eigenvalue weighted by Crippen LogP contribution is -2.56. The number of nitrogens with one attached hydrogen (secondary N) is 2. The van der Waals surface area contributed by atoms with Gasteiger partial charge < -0.3 is 15.5 Å². The average molecular weight is 238 g/mol. The van der Waals surface area contributed by atoms with Gasteiger partial charge in [-0.25, -0.2) is 4.79 Å². The molecule has 0 bridgehead atoms. The van der Waals surface area contributed by atoms with E-state index in [4.69, 9.17) is 0 Å². The van der Waals surface area contributed by atoms with Gasteiger partial charge in [0, 0.05) is 38.8 Å². The van der Waals surface area contributed by atoms with Crippen molar-refractivity contribution in [3.63, 3.8) is 0 Å². The molecule has 17 heavy (non-hydrogen) atoms. The number of carbonyl (C=O) groups is 1. The van der Waals surface area contributed by atoms with Crippen molar-refractivity contribution in [1.82, 2.24) is 20.4 Å². The van der Waals surface area contributed by atoms with Gasteiger partial charge in [0.25, 0.3) is 0 Å². The van der Waals surface area contributed by atoms with Crippen molar-refractivity contribution in [3.8, 4) is 0 Å². The first-order valence-electron chi connectivity index (χ1n) is 6.79. The Balaban J connectivity index is 1.65. The zero-order chi connectivity index (χ0) is 11.8. The van der Waals surface area contributed by atoms with E-state index < -0.39 is 0 Å². The standard InChI is InChI=1S/C12H22N4O/c1-2-9-5-13-7-11(9)15-3-4-16-10(8-15)6-14-12(16)17/h9-11,13H,2-8H2,1H3,(H,14,17). The van der Waals surface area contributed by atoms with Gasteiger partial charge >= 0.3 is 6.03 Å². The third-order valence-corrected chi connectivity index (χ3v) is 4.56. The number of hydrogen-bond acceptors (Lipinski definition) is 3. The van der Waals surface area contributed by atoms with E-state index in [1.807, 2.05) is 4.90 Å². The van der Waals surface area contributed by atoms with E-state index in [0.717, 1.165) is 45.2 Å². The van der Waals surface area contributed by atoms with E-state index in [9.17, 15) is 4.79 Å². The summed E-state index contributed by atoms with van der Waals surface area (Å²) in [5, 5.41) is 6.44. The Morgan fingerprint density at radius 3 is 3.00 bits per heavy atom. The van der Waals surface area contributed by atoms with Crippen LogP contribution < -0.4 is 10.6 Å². The Kier molecular flexibility index (Phi) is 2.96.